The summed E-state index contributed by atoms with van der Waals surface area (Å²) >= 11 is 0. The van der Waals surface area contributed by atoms with Gasteiger partial charge in [0.2, 0.25) is 0 Å². The van der Waals surface area contributed by atoms with Gasteiger partial charge in [0, 0.05) is 17.3 Å². The second-order valence-electron chi connectivity index (χ2n) is 5.78. The minimum atomic E-state index is -0.0822. The zero-order valence-electron chi connectivity index (χ0n) is 9.10. The fraction of sp³-hybridized carbons (Fsp3) is 0.769. The average molecular weight is 190 g/mol. The molecule has 3 atom stereocenters. The molecule has 76 valence electrons. The lowest BCUT2D eigenvalue weighted by molar-refractivity contribution is -0.133. The maximum atomic E-state index is 12.0. The Hall–Kier alpha value is -0.590. The molecule has 3 unspecified atom stereocenters. The number of Topliss-reactive ketones (excluding diaryl/α,β-unsaturated/α-hetero) is 1. The molecular weight excluding hydrogens is 172 g/mol. The predicted molar refractivity (Wildman–Crippen MR) is 55.9 cm³/mol. The van der Waals surface area contributed by atoms with Crippen LogP contribution in [0, 0.1) is 16.7 Å². The van der Waals surface area contributed by atoms with Crippen molar-refractivity contribution in [1.82, 2.24) is 0 Å². The van der Waals surface area contributed by atoms with E-state index in [4.69, 9.17) is 0 Å². The number of hydrogen-bond acceptors (Lipinski definition) is 1. The summed E-state index contributed by atoms with van der Waals surface area (Å²) in [7, 11) is 0. The minimum absolute atomic E-state index is 0.0822. The van der Waals surface area contributed by atoms with Crippen LogP contribution in [0.3, 0.4) is 0 Å². The highest BCUT2D eigenvalue weighted by Gasteiger charge is 2.56. The molecule has 1 heteroatoms. The first kappa shape index (κ1) is 8.70. The van der Waals surface area contributed by atoms with Gasteiger partial charge in [-0.1, -0.05) is 18.6 Å². The van der Waals surface area contributed by atoms with E-state index < -0.39 is 0 Å². The van der Waals surface area contributed by atoms with E-state index in [2.05, 4.69) is 19.9 Å². The monoisotopic (exact) mass is 190 g/mol. The number of carbonyl (C=O) groups is 1. The summed E-state index contributed by atoms with van der Waals surface area (Å²) < 4.78 is 0. The van der Waals surface area contributed by atoms with Crippen LogP contribution in [0.4, 0.5) is 0 Å². The smallest absolute Gasteiger partial charge is 0.143 e. The van der Waals surface area contributed by atoms with Crippen LogP contribution >= 0.6 is 0 Å². The maximum Gasteiger partial charge on any atom is 0.143 e. The van der Waals surface area contributed by atoms with Gasteiger partial charge in [-0.2, -0.15) is 0 Å². The third-order valence-electron chi connectivity index (χ3n) is 5.13. The van der Waals surface area contributed by atoms with Crippen LogP contribution in [0.1, 0.15) is 46.0 Å². The first-order chi connectivity index (χ1) is 6.57. The van der Waals surface area contributed by atoms with Crippen LogP contribution < -0.4 is 0 Å². The zero-order valence-corrected chi connectivity index (χ0v) is 9.10. The molecular formula is C13H18O. The molecule has 0 heterocycles. The second-order valence-corrected chi connectivity index (χ2v) is 5.78. The van der Waals surface area contributed by atoms with Crippen molar-refractivity contribution in [3.8, 4) is 0 Å². The van der Waals surface area contributed by atoms with Gasteiger partial charge in [0.05, 0.1) is 0 Å². The van der Waals surface area contributed by atoms with E-state index in [1.165, 1.54) is 19.3 Å². The highest BCUT2D eigenvalue weighted by molar-refractivity contribution is 5.90. The number of rotatable bonds is 0. The summed E-state index contributed by atoms with van der Waals surface area (Å²) in [6.07, 6.45) is 8.09. The molecule has 0 aromatic heterocycles. The molecule has 2 saturated carbocycles. The molecule has 0 saturated heterocycles. The maximum absolute atomic E-state index is 12.0. The van der Waals surface area contributed by atoms with E-state index in [1.807, 2.05) is 0 Å². The lowest BCUT2D eigenvalue weighted by atomic mass is 9.53. The summed E-state index contributed by atoms with van der Waals surface area (Å²) in [4.78, 5) is 12.0. The summed E-state index contributed by atoms with van der Waals surface area (Å²) in [6.45, 7) is 4.47. The van der Waals surface area contributed by atoms with Crippen molar-refractivity contribution in [2.24, 2.45) is 16.7 Å². The molecule has 0 amide bonds. The molecule has 0 N–H and O–H groups in total. The van der Waals surface area contributed by atoms with Gasteiger partial charge in [0.25, 0.3) is 0 Å². The number of hydrogen-bond donors (Lipinski definition) is 0. The Labute approximate surface area is 85.6 Å². The predicted octanol–water partition coefficient (Wildman–Crippen LogP) is 3.10. The third kappa shape index (κ3) is 0.796. The molecule has 4 rings (SSSR count). The van der Waals surface area contributed by atoms with E-state index in [-0.39, 0.29) is 5.41 Å². The molecule has 14 heavy (non-hydrogen) atoms. The van der Waals surface area contributed by atoms with E-state index in [1.54, 1.807) is 5.57 Å². The lowest BCUT2D eigenvalue weighted by Gasteiger charge is -2.49. The van der Waals surface area contributed by atoms with Gasteiger partial charge in [-0.05, 0) is 38.5 Å². The third-order valence-corrected chi connectivity index (χ3v) is 5.13. The van der Waals surface area contributed by atoms with Gasteiger partial charge < -0.3 is 0 Å². The van der Waals surface area contributed by atoms with Crippen LogP contribution in [0.25, 0.3) is 0 Å². The van der Waals surface area contributed by atoms with Crippen molar-refractivity contribution < 1.29 is 4.79 Å². The first-order valence-corrected chi connectivity index (χ1v) is 5.82. The Morgan fingerprint density at radius 1 is 1.43 bits per heavy atom. The van der Waals surface area contributed by atoms with Gasteiger partial charge in [-0.25, -0.2) is 0 Å². The lowest BCUT2D eigenvalue weighted by Crippen LogP contribution is -2.46. The van der Waals surface area contributed by atoms with Gasteiger partial charge in [-0.3, -0.25) is 4.79 Å². The summed E-state index contributed by atoms with van der Waals surface area (Å²) in [5.74, 6) is 1.24. The number of ketones is 1. The fourth-order valence-corrected chi connectivity index (χ4v) is 3.86. The average Bonchev–Trinajstić information content (AvgIpc) is 2.45. The normalized spacial score (nSPS) is 50.6. The van der Waals surface area contributed by atoms with E-state index in [9.17, 15) is 4.79 Å². The zero-order chi connectivity index (χ0) is 9.97. The highest BCUT2D eigenvalue weighted by atomic mass is 16.1. The Balaban J connectivity index is 2.16. The molecule has 2 bridgehead atoms. The molecule has 2 fully saturated rings. The van der Waals surface area contributed by atoms with Crippen molar-refractivity contribution in [2.45, 2.75) is 46.0 Å². The van der Waals surface area contributed by atoms with Gasteiger partial charge in [0.1, 0.15) is 5.78 Å². The Morgan fingerprint density at radius 2 is 2.21 bits per heavy atom. The van der Waals surface area contributed by atoms with Crippen molar-refractivity contribution in [2.75, 3.05) is 0 Å². The highest BCUT2D eigenvalue weighted by Crippen LogP contribution is 2.62. The van der Waals surface area contributed by atoms with E-state index in [0.717, 1.165) is 18.8 Å². The van der Waals surface area contributed by atoms with Crippen molar-refractivity contribution in [3.05, 3.63) is 11.6 Å². The molecule has 0 aromatic rings. The quantitative estimate of drug-likeness (QED) is 0.536. The summed E-state index contributed by atoms with van der Waals surface area (Å²) in [6, 6.07) is 0. The van der Waals surface area contributed by atoms with E-state index >= 15 is 0 Å². The Kier molecular flexibility index (Phi) is 1.44. The van der Waals surface area contributed by atoms with Crippen LogP contribution in [0.15, 0.2) is 11.6 Å². The van der Waals surface area contributed by atoms with Crippen LogP contribution in [-0.4, -0.2) is 5.78 Å². The fourth-order valence-electron chi connectivity index (χ4n) is 3.86. The second kappa shape index (κ2) is 2.32. The Morgan fingerprint density at radius 3 is 2.93 bits per heavy atom. The topological polar surface area (TPSA) is 17.1 Å². The van der Waals surface area contributed by atoms with Gasteiger partial charge >= 0.3 is 0 Å². The van der Waals surface area contributed by atoms with Crippen molar-refractivity contribution in [1.29, 1.82) is 0 Å². The molecule has 4 aliphatic carbocycles. The molecule has 4 aliphatic rings. The summed E-state index contributed by atoms with van der Waals surface area (Å²) in [5, 5.41) is 0. The molecule has 0 radical (unpaired) electrons. The standard InChI is InChI=1S/C13H18O/c1-9-3-4-10-7-12(2)5-6-13(9,10)8-11(12)14/h7,9H,3-6,8H2,1-2H3. The van der Waals surface area contributed by atoms with Gasteiger partial charge in [-0.15, -0.1) is 0 Å². The van der Waals surface area contributed by atoms with Crippen molar-refractivity contribution >= 4 is 5.78 Å². The first-order valence-electron chi connectivity index (χ1n) is 5.82. The summed E-state index contributed by atoms with van der Waals surface area (Å²) in [5.41, 5.74) is 1.86. The molecule has 1 nitrogen and oxygen atoms in total. The van der Waals surface area contributed by atoms with Crippen molar-refractivity contribution in [3.63, 3.8) is 0 Å². The molecule has 0 aromatic carbocycles. The van der Waals surface area contributed by atoms with Crippen LogP contribution in [-0.2, 0) is 4.79 Å². The molecule has 1 spiro atoms. The van der Waals surface area contributed by atoms with Crippen LogP contribution in [0.5, 0.6) is 0 Å². The largest absolute Gasteiger partial charge is 0.299 e. The number of allylic oxidation sites excluding steroid dienone is 2. The minimum Gasteiger partial charge on any atom is -0.299 e. The number of carbonyl (C=O) groups excluding carboxylic acids is 1. The SMILES string of the molecule is CC1CCC2=CC3(C)CCC21CC3=O. The van der Waals surface area contributed by atoms with Gasteiger partial charge in [0.15, 0.2) is 0 Å². The Bertz CT molecular complexity index is 341. The number of fused-ring (bicyclic) bond motifs is 2. The van der Waals surface area contributed by atoms with E-state index in [0.29, 0.717) is 11.2 Å². The molecule has 0 aliphatic heterocycles. The van der Waals surface area contributed by atoms with Crippen LogP contribution in [0.2, 0.25) is 0 Å².